The minimum atomic E-state index is 0.00326. The zero-order valence-corrected chi connectivity index (χ0v) is 23.1. The van der Waals surface area contributed by atoms with E-state index >= 15 is 0 Å². The van der Waals surface area contributed by atoms with Gasteiger partial charge in [0, 0.05) is 16.2 Å². The lowest BCUT2D eigenvalue weighted by molar-refractivity contribution is 0.306. The summed E-state index contributed by atoms with van der Waals surface area (Å²) in [5, 5.41) is 2.75. The maximum Gasteiger partial charge on any atom is 0.119 e. The van der Waals surface area contributed by atoms with E-state index in [4.69, 9.17) is 4.74 Å². The molecule has 0 amide bonds. The highest BCUT2D eigenvalue weighted by Crippen LogP contribution is 2.40. The first-order chi connectivity index (χ1) is 17.1. The third kappa shape index (κ3) is 4.78. The zero-order valence-electron chi connectivity index (χ0n) is 22.2. The van der Waals surface area contributed by atoms with Crippen LogP contribution in [-0.4, -0.2) is 5.29 Å². The molecule has 0 saturated carbocycles. The van der Waals surface area contributed by atoms with Crippen molar-refractivity contribution >= 4 is 18.8 Å². The number of ether oxygens (including phenoxy) is 1. The zero-order chi connectivity index (χ0) is 25.5. The van der Waals surface area contributed by atoms with Crippen LogP contribution in [0.3, 0.4) is 0 Å². The third-order valence-corrected chi connectivity index (χ3v) is 8.34. The van der Waals surface area contributed by atoms with Gasteiger partial charge in [0.2, 0.25) is 0 Å². The molecule has 1 aliphatic carbocycles. The minimum Gasteiger partial charge on any atom is -0.489 e. The highest BCUT2D eigenvalue weighted by atomic mass is 31.1. The molecule has 0 N–H and O–H groups in total. The fourth-order valence-electron chi connectivity index (χ4n) is 4.85. The topological polar surface area (TPSA) is 9.23 Å². The molecule has 5 rings (SSSR count). The molecule has 4 aromatic rings. The Morgan fingerprint density at radius 3 is 1.67 bits per heavy atom. The van der Waals surface area contributed by atoms with Gasteiger partial charge >= 0.3 is 0 Å². The lowest BCUT2D eigenvalue weighted by atomic mass is 9.79. The average Bonchev–Trinajstić information content (AvgIpc) is 3.16. The second kappa shape index (κ2) is 9.38. The normalized spacial score (nSPS) is 13.0. The van der Waals surface area contributed by atoms with E-state index in [2.05, 4.69) is 102 Å². The summed E-state index contributed by atoms with van der Waals surface area (Å²) in [6, 6.07) is 32.7. The molecule has 0 bridgehead atoms. The molecule has 0 atom stereocenters. The molecule has 0 heterocycles. The monoisotopic (exact) mass is 490 g/mol. The van der Waals surface area contributed by atoms with E-state index in [1.807, 2.05) is 30.3 Å². The van der Waals surface area contributed by atoms with Crippen molar-refractivity contribution < 1.29 is 4.74 Å². The highest BCUT2D eigenvalue weighted by Gasteiger charge is 2.28. The van der Waals surface area contributed by atoms with Gasteiger partial charge in [0.25, 0.3) is 0 Å². The molecule has 4 aromatic carbocycles. The lowest BCUT2D eigenvalue weighted by Crippen LogP contribution is -2.26. The molecule has 2 heteroatoms. The van der Waals surface area contributed by atoms with Crippen molar-refractivity contribution in [2.24, 2.45) is 0 Å². The van der Waals surface area contributed by atoms with Gasteiger partial charge < -0.3 is 4.74 Å². The van der Waals surface area contributed by atoms with Crippen LogP contribution in [-0.2, 0) is 17.4 Å². The first kappa shape index (κ1) is 24.5. The van der Waals surface area contributed by atoms with Crippen molar-refractivity contribution in [1.82, 2.24) is 0 Å². The molecule has 0 fully saturated rings. The van der Waals surface area contributed by atoms with Gasteiger partial charge in [-0.3, -0.25) is 0 Å². The molecule has 0 saturated heterocycles. The Kier molecular flexibility index (Phi) is 6.39. The number of rotatable bonds is 4. The Hall–Kier alpha value is -3.15. The SMILES string of the molecule is CC(C)(C)c1cc(COc2ccccc2)c(P=C2c3ccccc3-c3ccccc32)c(C(C)(C)C)c1. The third-order valence-electron chi connectivity index (χ3n) is 6.88. The van der Waals surface area contributed by atoms with Crippen molar-refractivity contribution in [3.05, 3.63) is 119 Å². The van der Waals surface area contributed by atoms with Crippen LogP contribution in [0.15, 0.2) is 91.0 Å². The van der Waals surface area contributed by atoms with Crippen LogP contribution >= 0.6 is 8.20 Å². The predicted molar refractivity (Wildman–Crippen MR) is 156 cm³/mol. The molecule has 0 unspecified atom stereocenters. The molecular formula is C34H35OP. The molecule has 182 valence electrons. The maximum absolute atomic E-state index is 6.36. The standard InChI is InChI=1S/C34H35OP/c1-33(2,3)24-20-23(22-35-25-14-8-7-9-15-25)31(30(21-24)34(4,5)6)36-32-28-18-12-10-16-26(28)27-17-11-13-19-29(27)32/h7-21H,22H2,1-6H3. The van der Waals surface area contributed by atoms with E-state index in [9.17, 15) is 0 Å². The van der Waals surface area contributed by atoms with E-state index in [0.29, 0.717) is 6.61 Å². The smallest absolute Gasteiger partial charge is 0.119 e. The number of hydrogen-bond donors (Lipinski definition) is 0. The van der Waals surface area contributed by atoms with Gasteiger partial charge in [-0.2, -0.15) is 0 Å². The first-order valence-electron chi connectivity index (χ1n) is 12.8. The number of para-hydroxylation sites is 1. The number of fused-ring (bicyclic) bond motifs is 3. The van der Waals surface area contributed by atoms with Crippen LogP contribution in [0.4, 0.5) is 0 Å². The van der Waals surface area contributed by atoms with Crippen LogP contribution in [0.2, 0.25) is 0 Å². The summed E-state index contributed by atoms with van der Waals surface area (Å²) in [4.78, 5) is 0. The molecule has 0 aromatic heterocycles. The molecule has 0 spiro atoms. The average molecular weight is 491 g/mol. The van der Waals surface area contributed by atoms with Crippen molar-refractivity contribution in [3.63, 3.8) is 0 Å². The fraction of sp³-hybridized carbons (Fsp3) is 0.265. The van der Waals surface area contributed by atoms with Crippen molar-refractivity contribution in [2.75, 3.05) is 0 Å². The molecule has 0 radical (unpaired) electrons. The Morgan fingerprint density at radius 1 is 0.611 bits per heavy atom. The Labute approximate surface area is 218 Å². The maximum atomic E-state index is 6.36. The van der Waals surface area contributed by atoms with Crippen molar-refractivity contribution in [2.45, 2.75) is 59.0 Å². The number of hydrogen-bond acceptors (Lipinski definition) is 1. The van der Waals surface area contributed by atoms with Gasteiger partial charge in [-0.25, -0.2) is 0 Å². The van der Waals surface area contributed by atoms with Crippen LogP contribution in [0.5, 0.6) is 5.75 Å². The van der Waals surface area contributed by atoms with Gasteiger partial charge in [0.05, 0.1) is 0 Å². The minimum absolute atomic E-state index is 0.00326. The summed E-state index contributed by atoms with van der Waals surface area (Å²) in [7, 11) is 1.23. The van der Waals surface area contributed by atoms with E-state index in [1.165, 1.54) is 57.7 Å². The lowest BCUT2D eigenvalue weighted by Gasteiger charge is -2.29. The summed E-state index contributed by atoms with van der Waals surface area (Å²) in [5.74, 6) is 0.905. The summed E-state index contributed by atoms with van der Waals surface area (Å²) >= 11 is 0. The quantitative estimate of drug-likeness (QED) is 0.229. The molecule has 1 nitrogen and oxygen atoms in total. The predicted octanol–water partition coefficient (Wildman–Crippen LogP) is 8.68. The Morgan fingerprint density at radius 2 is 1.14 bits per heavy atom. The summed E-state index contributed by atoms with van der Waals surface area (Å²) in [6.45, 7) is 14.4. The van der Waals surface area contributed by atoms with Crippen molar-refractivity contribution in [3.8, 4) is 16.9 Å². The second-order valence-electron chi connectivity index (χ2n) is 11.7. The van der Waals surface area contributed by atoms with E-state index < -0.39 is 0 Å². The van der Waals surface area contributed by atoms with E-state index in [-0.39, 0.29) is 10.8 Å². The molecular weight excluding hydrogens is 455 g/mol. The van der Waals surface area contributed by atoms with E-state index in [1.54, 1.807) is 0 Å². The summed E-state index contributed by atoms with van der Waals surface area (Å²) < 4.78 is 6.36. The van der Waals surface area contributed by atoms with Crippen LogP contribution < -0.4 is 10.0 Å². The van der Waals surface area contributed by atoms with Crippen molar-refractivity contribution in [1.29, 1.82) is 0 Å². The fourth-order valence-corrected chi connectivity index (χ4v) is 6.49. The summed E-state index contributed by atoms with van der Waals surface area (Å²) in [5.41, 5.74) is 9.44. The van der Waals surface area contributed by atoms with Gasteiger partial charge in [0.15, 0.2) is 0 Å². The molecule has 36 heavy (non-hydrogen) atoms. The second-order valence-corrected chi connectivity index (χ2v) is 12.8. The number of benzene rings is 4. The largest absolute Gasteiger partial charge is 0.489 e. The molecule has 1 aliphatic rings. The van der Waals surface area contributed by atoms with Gasteiger partial charge in [-0.1, -0.05) is 129 Å². The molecule has 0 aliphatic heterocycles. The Bertz CT molecular complexity index is 1380. The van der Waals surface area contributed by atoms with E-state index in [0.717, 1.165) is 5.75 Å². The summed E-state index contributed by atoms with van der Waals surface area (Å²) in [6.07, 6.45) is 0. The highest BCUT2D eigenvalue weighted by molar-refractivity contribution is 7.50. The van der Waals surface area contributed by atoms with Gasteiger partial charge in [-0.05, 0) is 56.3 Å². The Balaban J connectivity index is 1.74. The van der Waals surface area contributed by atoms with Crippen LogP contribution in [0.25, 0.3) is 11.1 Å². The van der Waals surface area contributed by atoms with Gasteiger partial charge in [0.1, 0.15) is 12.4 Å². The van der Waals surface area contributed by atoms with Crippen LogP contribution in [0.1, 0.15) is 69.4 Å². The first-order valence-corrected chi connectivity index (χ1v) is 13.7. The van der Waals surface area contributed by atoms with Gasteiger partial charge in [-0.15, -0.1) is 0 Å². The van der Waals surface area contributed by atoms with Crippen LogP contribution in [0, 0.1) is 0 Å².